The van der Waals surface area contributed by atoms with Crippen molar-refractivity contribution in [2.45, 2.75) is 26.7 Å². The summed E-state index contributed by atoms with van der Waals surface area (Å²) in [6.07, 6.45) is 1.36. The lowest BCUT2D eigenvalue weighted by Gasteiger charge is -2.07. The highest BCUT2D eigenvalue weighted by atomic mass is 16.5. The zero-order chi connectivity index (χ0) is 10.8. The fraction of sp³-hybridized carbons (Fsp3) is 0.800. The first-order valence-electron chi connectivity index (χ1n) is 5.01. The molecule has 0 fully saturated rings. The van der Waals surface area contributed by atoms with Gasteiger partial charge in [-0.15, -0.1) is 0 Å². The van der Waals surface area contributed by atoms with Crippen LogP contribution < -0.4 is 5.32 Å². The highest BCUT2D eigenvalue weighted by molar-refractivity contribution is 5.80. The monoisotopic (exact) mass is 198 g/mol. The molecule has 1 N–H and O–H groups in total. The molecular formula is C10H18N2O2. The normalized spacial score (nSPS) is 11.8. The molecule has 0 radical (unpaired) electrons. The van der Waals surface area contributed by atoms with E-state index >= 15 is 0 Å². The predicted molar refractivity (Wildman–Crippen MR) is 53.5 cm³/mol. The average Bonchev–Trinajstić information content (AvgIpc) is 2.19. The topological polar surface area (TPSA) is 62.1 Å². The number of ether oxygens (including phenoxy) is 1. The molecule has 0 saturated carbocycles. The van der Waals surface area contributed by atoms with Crippen molar-refractivity contribution >= 4 is 5.91 Å². The molecule has 1 amide bonds. The number of nitriles is 1. The predicted octanol–water partition coefficient (Wildman–Crippen LogP) is 1.08. The van der Waals surface area contributed by atoms with E-state index in [-0.39, 0.29) is 5.91 Å². The first-order chi connectivity index (χ1) is 6.76. The smallest absolute Gasteiger partial charge is 0.237 e. The lowest BCUT2D eigenvalue weighted by Crippen LogP contribution is -2.30. The van der Waals surface area contributed by atoms with Gasteiger partial charge in [-0.2, -0.15) is 5.26 Å². The molecule has 1 atom stereocenters. The van der Waals surface area contributed by atoms with Crippen molar-refractivity contribution in [1.82, 2.24) is 5.32 Å². The van der Waals surface area contributed by atoms with Crippen LogP contribution >= 0.6 is 0 Å². The maximum absolute atomic E-state index is 11.3. The summed E-state index contributed by atoms with van der Waals surface area (Å²) in [4.78, 5) is 11.3. The maximum Gasteiger partial charge on any atom is 0.237 e. The molecule has 0 saturated heterocycles. The van der Waals surface area contributed by atoms with Gasteiger partial charge in [0.05, 0.1) is 6.07 Å². The highest BCUT2D eigenvalue weighted by Crippen LogP contribution is 1.99. The molecule has 0 aromatic rings. The Balaban J connectivity index is 3.49. The second-order valence-corrected chi connectivity index (χ2v) is 2.93. The number of amides is 1. The SMILES string of the molecule is CCOCCCNC(=O)C(C#N)CC. The van der Waals surface area contributed by atoms with Crippen LogP contribution in [0.4, 0.5) is 0 Å². The number of nitrogens with one attached hydrogen (secondary N) is 1. The van der Waals surface area contributed by atoms with E-state index in [4.69, 9.17) is 10.00 Å². The van der Waals surface area contributed by atoms with E-state index < -0.39 is 5.92 Å². The third-order valence-corrected chi connectivity index (χ3v) is 1.85. The molecule has 1 unspecified atom stereocenters. The van der Waals surface area contributed by atoms with Gasteiger partial charge in [-0.25, -0.2) is 0 Å². The molecule has 14 heavy (non-hydrogen) atoms. The van der Waals surface area contributed by atoms with E-state index in [1.165, 1.54) is 0 Å². The lowest BCUT2D eigenvalue weighted by atomic mass is 10.1. The number of hydrogen-bond donors (Lipinski definition) is 1. The van der Waals surface area contributed by atoms with E-state index in [9.17, 15) is 4.79 Å². The molecule has 0 bridgehead atoms. The molecule has 4 heteroatoms. The molecule has 4 nitrogen and oxygen atoms in total. The minimum absolute atomic E-state index is 0.175. The molecule has 0 aliphatic heterocycles. The quantitative estimate of drug-likeness (QED) is 0.623. The Morgan fingerprint density at radius 1 is 1.57 bits per heavy atom. The summed E-state index contributed by atoms with van der Waals surface area (Å²) in [7, 11) is 0. The van der Waals surface area contributed by atoms with Crippen molar-refractivity contribution in [2.24, 2.45) is 5.92 Å². The molecule has 0 spiro atoms. The van der Waals surface area contributed by atoms with Crippen LogP contribution in [0.2, 0.25) is 0 Å². The maximum atomic E-state index is 11.3. The van der Waals surface area contributed by atoms with Crippen molar-refractivity contribution in [2.75, 3.05) is 19.8 Å². The number of hydrogen-bond acceptors (Lipinski definition) is 3. The van der Waals surface area contributed by atoms with Crippen molar-refractivity contribution in [3.63, 3.8) is 0 Å². The van der Waals surface area contributed by atoms with Gasteiger partial charge in [-0.1, -0.05) is 6.92 Å². The fourth-order valence-corrected chi connectivity index (χ4v) is 0.989. The molecule has 0 aromatic heterocycles. The van der Waals surface area contributed by atoms with Gasteiger partial charge in [0.2, 0.25) is 5.91 Å². The van der Waals surface area contributed by atoms with Crippen molar-refractivity contribution in [3.8, 4) is 6.07 Å². The number of carbonyl (C=O) groups excluding carboxylic acids is 1. The third-order valence-electron chi connectivity index (χ3n) is 1.85. The van der Waals surface area contributed by atoms with Crippen molar-refractivity contribution in [3.05, 3.63) is 0 Å². The van der Waals surface area contributed by atoms with Crippen LogP contribution in [0.3, 0.4) is 0 Å². The van der Waals surface area contributed by atoms with Crippen LogP contribution in [0, 0.1) is 17.2 Å². The first-order valence-corrected chi connectivity index (χ1v) is 5.01. The van der Waals surface area contributed by atoms with Crippen LogP contribution in [0.1, 0.15) is 26.7 Å². The summed E-state index contributed by atoms with van der Waals surface area (Å²) in [6.45, 7) is 5.69. The van der Waals surface area contributed by atoms with Crippen LogP contribution in [-0.4, -0.2) is 25.7 Å². The number of nitrogens with zero attached hydrogens (tertiary/aromatic N) is 1. The van der Waals surface area contributed by atoms with Crippen LogP contribution in [-0.2, 0) is 9.53 Å². The Labute approximate surface area is 85.2 Å². The lowest BCUT2D eigenvalue weighted by molar-refractivity contribution is -0.123. The standard InChI is InChI=1S/C10H18N2O2/c1-3-9(8-11)10(13)12-6-5-7-14-4-2/h9H,3-7H2,1-2H3,(H,12,13). The second-order valence-electron chi connectivity index (χ2n) is 2.93. The van der Waals surface area contributed by atoms with Crippen LogP contribution in [0.25, 0.3) is 0 Å². The van der Waals surface area contributed by atoms with E-state index in [1.54, 1.807) is 0 Å². The van der Waals surface area contributed by atoms with Gasteiger partial charge in [0.1, 0.15) is 5.92 Å². The Kier molecular flexibility index (Phi) is 7.86. The van der Waals surface area contributed by atoms with Crippen LogP contribution in [0.5, 0.6) is 0 Å². The van der Waals surface area contributed by atoms with Crippen molar-refractivity contribution < 1.29 is 9.53 Å². The summed E-state index contributed by atoms with van der Waals surface area (Å²) in [6, 6.07) is 1.96. The Hall–Kier alpha value is -1.08. The Morgan fingerprint density at radius 3 is 2.79 bits per heavy atom. The number of carbonyl (C=O) groups is 1. The Bertz CT molecular complexity index is 199. The van der Waals surface area contributed by atoms with E-state index in [0.29, 0.717) is 26.2 Å². The summed E-state index contributed by atoms with van der Waals surface area (Å²) in [5, 5.41) is 11.3. The molecule has 0 rings (SSSR count). The minimum atomic E-state index is -0.512. The summed E-state index contributed by atoms with van der Waals surface area (Å²) in [5.74, 6) is -0.686. The average molecular weight is 198 g/mol. The van der Waals surface area contributed by atoms with Crippen LogP contribution in [0.15, 0.2) is 0 Å². The van der Waals surface area contributed by atoms with E-state index in [2.05, 4.69) is 5.32 Å². The van der Waals surface area contributed by atoms with E-state index in [0.717, 1.165) is 6.42 Å². The molecule has 0 heterocycles. The highest BCUT2D eigenvalue weighted by Gasteiger charge is 2.13. The molecule has 0 aromatic carbocycles. The Morgan fingerprint density at radius 2 is 2.29 bits per heavy atom. The third kappa shape index (κ3) is 5.55. The zero-order valence-electron chi connectivity index (χ0n) is 8.88. The van der Waals surface area contributed by atoms with Crippen molar-refractivity contribution in [1.29, 1.82) is 5.26 Å². The largest absolute Gasteiger partial charge is 0.382 e. The van der Waals surface area contributed by atoms with Gasteiger partial charge in [-0.05, 0) is 19.8 Å². The molecule has 80 valence electrons. The van der Waals surface area contributed by atoms with Gasteiger partial charge in [0, 0.05) is 19.8 Å². The van der Waals surface area contributed by atoms with Gasteiger partial charge < -0.3 is 10.1 Å². The second kappa shape index (κ2) is 8.52. The summed E-state index contributed by atoms with van der Waals surface area (Å²) < 4.78 is 5.11. The van der Waals surface area contributed by atoms with Gasteiger partial charge in [-0.3, -0.25) is 4.79 Å². The summed E-state index contributed by atoms with van der Waals surface area (Å²) >= 11 is 0. The van der Waals surface area contributed by atoms with E-state index in [1.807, 2.05) is 19.9 Å². The molecule has 0 aliphatic rings. The van der Waals surface area contributed by atoms with Gasteiger partial charge in [0.25, 0.3) is 0 Å². The zero-order valence-corrected chi connectivity index (χ0v) is 8.88. The minimum Gasteiger partial charge on any atom is -0.382 e. The molecular weight excluding hydrogens is 180 g/mol. The number of rotatable bonds is 7. The fourth-order valence-electron chi connectivity index (χ4n) is 0.989. The summed E-state index contributed by atoms with van der Waals surface area (Å²) in [5.41, 5.74) is 0. The van der Waals surface area contributed by atoms with Gasteiger partial charge >= 0.3 is 0 Å². The molecule has 0 aliphatic carbocycles. The first kappa shape index (κ1) is 12.9. The van der Waals surface area contributed by atoms with Gasteiger partial charge in [0.15, 0.2) is 0 Å².